The van der Waals surface area contributed by atoms with Gasteiger partial charge in [0.25, 0.3) is 11.8 Å². The Morgan fingerprint density at radius 3 is 2.54 bits per heavy atom. The van der Waals surface area contributed by atoms with Gasteiger partial charge in [-0.25, -0.2) is 9.78 Å². The minimum Gasteiger partial charge on any atom is -0.485 e. The molecule has 46 heavy (non-hydrogen) atoms. The van der Waals surface area contributed by atoms with Crippen LogP contribution in [0.25, 0.3) is 21.0 Å². The van der Waals surface area contributed by atoms with Crippen molar-refractivity contribution in [3.63, 3.8) is 0 Å². The summed E-state index contributed by atoms with van der Waals surface area (Å²) in [5, 5.41) is 18.2. The lowest BCUT2D eigenvalue weighted by Crippen LogP contribution is -2.50. The number of hydrogen-bond donors (Lipinski definition) is 3. The highest BCUT2D eigenvalue weighted by Crippen LogP contribution is 2.36. The number of ether oxygens (including phenoxy) is 1. The summed E-state index contributed by atoms with van der Waals surface area (Å²) in [6.07, 6.45) is -0.566. The average Bonchev–Trinajstić information content (AvgIpc) is 3.51. The Kier molecular flexibility index (Phi) is 8.87. The van der Waals surface area contributed by atoms with Gasteiger partial charge in [-0.2, -0.15) is 0 Å². The molecular formula is C35H35N5O5S. The molecule has 0 aliphatic carbocycles. The number of aliphatic hydroxyl groups excluding tert-OH is 1. The Labute approximate surface area is 270 Å². The number of rotatable bonds is 7. The number of likely N-dealkylation sites (N-methyl/N-ethyl adjacent to an activating group) is 1. The lowest BCUT2D eigenvalue weighted by Gasteiger charge is -2.38. The Morgan fingerprint density at radius 1 is 1.02 bits per heavy atom. The van der Waals surface area contributed by atoms with E-state index in [1.54, 1.807) is 42.0 Å². The molecule has 236 valence electrons. The van der Waals surface area contributed by atoms with Crippen LogP contribution in [-0.2, 0) is 0 Å². The number of para-hydroxylation sites is 2. The third-order valence-corrected chi connectivity index (χ3v) is 9.29. The molecule has 1 aliphatic rings. The van der Waals surface area contributed by atoms with Crippen LogP contribution in [-0.4, -0.2) is 76.6 Å². The Morgan fingerprint density at radius 2 is 1.74 bits per heavy atom. The van der Waals surface area contributed by atoms with E-state index in [-0.39, 0.29) is 47.3 Å². The first-order chi connectivity index (χ1) is 22.2. The second-order valence-corrected chi connectivity index (χ2v) is 12.6. The zero-order chi connectivity index (χ0) is 32.4. The van der Waals surface area contributed by atoms with Crippen molar-refractivity contribution in [3.8, 4) is 5.75 Å². The van der Waals surface area contributed by atoms with E-state index in [9.17, 15) is 19.5 Å². The number of fused-ring (bicyclic) bond motifs is 3. The summed E-state index contributed by atoms with van der Waals surface area (Å²) in [4.78, 5) is 48.3. The second kappa shape index (κ2) is 13.2. The van der Waals surface area contributed by atoms with Crippen molar-refractivity contribution in [2.75, 3.05) is 37.4 Å². The predicted molar refractivity (Wildman–Crippen MR) is 181 cm³/mol. The summed E-state index contributed by atoms with van der Waals surface area (Å²) in [7, 11) is 1.69. The summed E-state index contributed by atoms with van der Waals surface area (Å²) >= 11 is 1.27. The number of amides is 4. The number of nitrogens with one attached hydrogen (secondary N) is 2. The van der Waals surface area contributed by atoms with Crippen LogP contribution in [0.5, 0.6) is 5.75 Å². The molecule has 1 aliphatic heterocycles. The number of urea groups is 1. The maximum Gasteiger partial charge on any atom is 0.321 e. The molecule has 0 fully saturated rings. The van der Waals surface area contributed by atoms with Gasteiger partial charge in [0.1, 0.15) is 6.10 Å². The Bertz CT molecular complexity index is 1890. The summed E-state index contributed by atoms with van der Waals surface area (Å²) in [6, 6.07) is 25.3. The van der Waals surface area contributed by atoms with Gasteiger partial charge in [-0.3, -0.25) is 9.59 Å². The van der Waals surface area contributed by atoms with E-state index < -0.39 is 18.1 Å². The van der Waals surface area contributed by atoms with Crippen molar-refractivity contribution in [2.45, 2.75) is 26.0 Å². The third kappa shape index (κ3) is 6.24. The number of anilines is 2. The number of aliphatic hydroxyl groups is 1. The molecule has 4 amide bonds. The van der Waals surface area contributed by atoms with Crippen LogP contribution in [0.15, 0.2) is 84.9 Å². The molecule has 3 atom stereocenters. The van der Waals surface area contributed by atoms with Crippen molar-refractivity contribution in [1.82, 2.24) is 14.8 Å². The molecule has 10 nitrogen and oxygen atoms in total. The molecule has 0 saturated carbocycles. The molecule has 1 aromatic heterocycles. The molecule has 0 unspecified atom stereocenters. The van der Waals surface area contributed by atoms with E-state index in [1.165, 1.54) is 11.3 Å². The number of nitrogens with zero attached hydrogens (tertiary/aromatic N) is 3. The van der Waals surface area contributed by atoms with Gasteiger partial charge in [0.15, 0.2) is 10.8 Å². The summed E-state index contributed by atoms with van der Waals surface area (Å²) in [5.74, 6) is -0.784. The normalized spacial score (nSPS) is 17.0. The van der Waals surface area contributed by atoms with Crippen molar-refractivity contribution in [3.05, 3.63) is 95.5 Å². The van der Waals surface area contributed by atoms with Gasteiger partial charge in [0.2, 0.25) is 0 Å². The first-order valence-electron chi connectivity index (χ1n) is 15.1. The zero-order valence-electron chi connectivity index (χ0n) is 25.8. The highest BCUT2D eigenvalue weighted by Gasteiger charge is 2.35. The number of thiazole rings is 1. The number of carbonyl (C=O) groups is 3. The van der Waals surface area contributed by atoms with Crippen LogP contribution in [0.1, 0.15) is 34.0 Å². The lowest BCUT2D eigenvalue weighted by atomic mass is 9.99. The van der Waals surface area contributed by atoms with Crippen LogP contribution >= 0.6 is 11.3 Å². The predicted octanol–water partition coefficient (Wildman–Crippen LogP) is 6.09. The SMILES string of the molecule is C[C@H]1CN([C@@H](C)CO)C(=O)c2cccc(NC(=O)c3nc4ccccc4s3)c2O[C@H]1CN(C)C(=O)Nc1cccc2ccccc12. The zero-order valence-corrected chi connectivity index (χ0v) is 26.6. The van der Waals surface area contributed by atoms with Crippen molar-refractivity contribution in [1.29, 1.82) is 0 Å². The minimum absolute atomic E-state index is 0.187. The molecule has 6 rings (SSSR count). The van der Waals surface area contributed by atoms with Gasteiger partial charge in [0.05, 0.1) is 46.3 Å². The largest absolute Gasteiger partial charge is 0.485 e. The van der Waals surface area contributed by atoms with Crippen molar-refractivity contribution >= 4 is 61.5 Å². The minimum atomic E-state index is -0.566. The highest BCUT2D eigenvalue weighted by atomic mass is 32.1. The topological polar surface area (TPSA) is 124 Å². The fourth-order valence-corrected chi connectivity index (χ4v) is 6.46. The monoisotopic (exact) mass is 637 g/mol. The van der Waals surface area contributed by atoms with Crippen LogP contribution in [0, 0.1) is 5.92 Å². The first-order valence-corrected chi connectivity index (χ1v) is 15.9. The fraction of sp³-hybridized carbons (Fsp3) is 0.257. The van der Waals surface area contributed by atoms with E-state index in [0.29, 0.717) is 17.9 Å². The molecule has 0 saturated heterocycles. The van der Waals surface area contributed by atoms with Crippen LogP contribution in [0.3, 0.4) is 0 Å². The standard InChI is InChI=1S/C35H35N5O5S/c1-21-18-40(22(2)20-41)34(43)25-13-9-16-28(36-32(42)33-37-27-14-6-7-17-30(27)46-33)31(25)45-29(21)19-39(3)35(44)38-26-15-8-11-23-10-4-5-12-24(23)26/h4-17,21-22,29,41H,18-20H2,1-3H3,(H,36,42)(H,38,44)/t21-,22-,29-/m0/s1. The quantitative estimate of drug-likeness (QED) is 0.199. The summed E-state index contributed by atoms with van der Waals surface area (Å²) in [5.41, 5.74) is 1.98. The summed E-state index contributed by atoms with van der Waals surface area (Å²) in [6.45, 7) is 3.99. The molecule has 4 aromatic carbocycles. The maximum atomic E-state index is 13.8. The van der Waals surface area contributed by atoms with Crippen molar-refractivity contribution in [2.24, 2.45) is 5.92 Å². The lowest BCUT2D eigenvalue weighted by molar-refractivity contribution is 0.0372. The van der Waals surface area contributed by atoms with Gasteiger partial charge in [-0.1, -0.05) is 61.5 Å². The molecular weight excluding hydrogens is 602 g/mol. The average molecular weight is 638 g/mol. The van der Waals surface area contributed by atoms with Crippen LogP contribution in [0.2, 0.25) is 0 Å². The first kappa shape index (κ1) is 31.0. The summed E-state index contributed by atoms with van der Waals surface area (Å²) < 4.78 is 7.47. The van der Waals surface area contributed by atoms with Gasteiger partial charge in [-0.15, -0.1) is 11.3 Å². The molecule has 2 heterocycles. The van der Waals surface area contributed by atoms with Gasteiger partial charge in [-0.05, 0) is 42.6 Å². The maximum absolute atomic E-state index is 13.8. The molecule has 0 radical (unpaired) electrons. The van der Waals surface area contributed by atoms with E-state index in [2.05, 4.69) is 15.6 Å². The highest BCUT2D eigenvalue weighted by molar-refractivity contribution is 7.20. The number of benzene rings is 4. The van der Waals surface area contributed by atoms with Gasteiger partial charge < -0.3 is 30.3 Å². The van der Waals surface area contributed by atoms with E-state index >= 15 is 0 Å². The second-order valence-electron chi connectivity index (χ2n) is 11.6. The van der Waals surface area contributed by atoms with E-state index in [4.69, 9.17) is 4.74 Å². The van der Waals surface area contributed by atoms with Crippen LogP contribution in [0.4, 0.5) is 16.2 Å². The smallest absolute Gasteiger partial charge is 0.321 e. The fourth-order valence-electron chi connectivity index (χ4n) is 5.60. The van der Waals surface area contributed by atoms with Crippen molar-refractivity contribution < 1.29 is 24.2 Å². The third-order valence-electron chi connectivity index (χ3n) is 8.26. The van der Waals surface area contributed by atoms with Crippen LogP contribution < -0.4 is 15.4 Å². The van der Waals surface area contributed by atoms with Gasteiger partial charge in [0, 0.05) is 24.9 Å². The number of carbonyl (C=O) groups excluding carboxylic acids is 3. The van der Waals surface area contributed by atoms with E-state index in [1.807, 2.05) is 73.7 Å². The molecule has 5 aromatic rings. The molecule has 11 heteroatoms. The molecule has 0 spiro atoms. The Hall–Kier alpha value is -5.00. The molecule has 3 N–H and O–H groups in total. The molecule has 0 bridgehead atoms. The Balaban J connectivity index is 1.29. The number of aromatic nitrogens is 1. The van der Waals surface area contributed by atoms with Gasteiger partial charge >= 0.3 is 6.03 Å². The van der Waals surface area contributed by atoms with E-state index in [0.717, 1.165) is 21.0 Å². The number of hydrogen-bond acceptors (Lipinski definition) is 7.